The van der Waals surface area contributed by atoms with Crippen molar-refractivity contribution in [3.63, 3.8) is 0 Å². The molecule has 5 nitrogen and oxygen atoms in total. The highest BCUT2D eigenvalue weighted by atomic mass is 32.1. The first-order chi connectivity index (χ1) is 20.9. The Morgan fingerprint density at radius 2 is 1.88 bits per heavy atom. The second kappa shape index (κ2) is 12.5. The number of carbonyl (C=O) groups is 1. The zero-order valence-electron chi connectivity index (χ0n) is 25.6. The molecule has 1 saturated carbocycles. The Kier molecular flexibility index (Phi) is 8.49. The number of benzene rings is 1. The number of amides is 1. The van der Waals surface area contributed by atoms with E-state index in [0.717, 1.165) is 34.9 Å². The molecule has 6 rings (SSSR count). The number of fused-ring (bicyclic) bond motifs is 3. The van der Waals surface area contributed by atoms with Crippen molar-refractivity contribution in [2.45, 2.75) is 58.8 Å². The van der Waals surface area contributed by atoms with Crippen LogP contribution in [0.15, 0.2) is 96.1 Å². The van der Waals surface area contributed by atoms with Crippen molar-refractivity contribution in [3.05, 3.63) is 113 Å². The number of rotatable bonds is 10. The van der Waals surface area contributed by atoms with E-state index >= 15 is 0 Å². The molecule has 3 aliphatic carbocycles. The Hall–Kier alpha value is -3.77. The van der Waals surface area contributed by atoms with E-state index in [2.05, 4.69) is 96.4 Å². The predicted molar refractivity (Wildman–Crippen MR) is 179 cm³/mol. The molecular formula is C37H42N4OS. The highest BCUT2D eigenvalue weighted by Crippen LogP contribution is 2.71. The minimum atomic E-state index is -0.112. The average Bonchev–Trinajstić information content (AvgIpc) is 3.56. The number of allylic oxidation sites excluding steroid dienone is 7. The Morgan fingerprint density at radius 3 is 2.65 bits per heavy atom. The molecule has 2 aromatic heterocycles. The Labute approximate surface area is 260 Å². The minimum absolute atomic E-state index is 0.112. The van der Waals surface area contributed by atoms with E-state index in [1.54, 1.807) is 34.7 Å². The summed E-state index contributed by atoms with van der Waals surface area (Å²) in [5, 5.41) is 9.71. The van der Waals surface area contributed by atoms with Crippen LogP contribution in [0.5, 0.6) is 0 Å². The number of nitrogens with one attached hydrogen (secondary N) is 2. The number of thiazole rings is 1. The maximum Gasteiger partial charge on any atom is 0.252 e. The summed E-state index contributed by atoms with van der Waals surface area (Å²) in [7, 11) is 0. The van der Waals surface area contributed by atoms with Gasteiger partial charge in [-0.25, -0.2) is 9.97 Å². The van der Waals surface area contributed by atoms with Crippen molar-refractivity contribution in [3.8, 4) is 0 Å². The molecule has 2 N–H and O–H groups in total. The van der Waals surface area contributed by atoms with Gasteiger partial charge in [0.15, 0.2) is 5.13 Å². The van der Waals surface area contributed by atoms with Crippen molar-refractivity contribution in [1.82, 2.24) is 9.97 Å². The minimum Gasteiger partial charge on any atom is -0.361 e. The molecule has 1 fully saturated rings. The van der Waals surface area contributed by atoms with Crippen molar-refractivity contribution < 1.29 is 4.79 Å². The molecule has 43 heavy (non-hydrogen) atoms. The van der Waals surface area contributed by atoms with Crippen LogP contribution in [0.4, 0.5) is 10.9 Å². The van der Waals surface area contributed by atoms with Crippen molar-refractivity contribution >= 4 is 33.8 Å². The third-order valence-electron chi connectivity index (χ3n) is 10.1. The fourth-order valence-electron chi connectivity index (χ4n) is 7.63. The first-order valence-corrected chi connectivity index (χ1v) is 16.5. The summed E-state index contributed by atoms with van der Waals surface area (Å²) in [4.78, 5) is 22.0. The van der Waals surface area contributed by atoms with Crippen LogP contribution in [0.25, 0.3) is 5.57 Å². The zero-order valence-corrected chi connectivity index (χ0v) is 26.4. The van der Waals surface area contributed by atoms with Crippen molar-refractivity contribution in [2.24, 2.45) is 23.2 Å². The van der Waals surface area contributed by atoms with Crippen LogP contribution < -0.4 is 10.6 Å². The van der Waals surface area contributed by atoms with Crippen molar-refractivity contribution in [2.75, 3.05) is 17.2 Å². The number of nitrogens with zero attached hydrogens (tertiary/aromatic N) is 2. The number of hydrogen-bond acceptors (Lipinski definition) is 5. The highest BCUT2D eigenvalue weighted by molar-refractivity contribution is 7.13. The van der Waals surface area contributed by atoms with E-state index in [9.17, 15) is 4.79 Å². The van der Waals surface area contributed by atoms with Gasteiger partial charge in [-0.2, -0.15) is 0 Å². The van der Waals surface area contributed by atoms with Crippen LogP contribution in [0.2, 0.25) is 0 Å². The van der Waals surface area contributed by atoms with Gasteiger partial charge in [0, 0.05) is 23.7 Å². The van der Waals surface area contributed by atoms with Gasteiger partial charge < -0.3 is 10.6 Å². The maximum atomic E-state index is 12.9. The summed E-state index contributed by atoms with van der Waals surface area (Å²) in [6, 6.07) is 14.7. The molecule has 0 bridgehead atoms. The summed E-state index contributed by atoms with van der Waals surface area (Å²) in [6.07, 6.45) is 17.6. The van der Waals surface area contributed by atoms with Gasteiger partial charge in [0.1, 0.15) is 5.82 Å². The number of pyridine rings is 1. The van der Waals surface area contributed by atoms with Gasteiger partial charge in [0.2, 0.25) is 0 Å². The first kappa shape index (κ1) is 29.3. The molecule has 0 saturated heterocycles. The topological polar surface area (TPSA) is 66.9 Å². The van der Waals surface area contributed by atoms with Gasteiger partial charge in [0.25, 0.3) is 5.91 Å². The lowest BCUT2D eigenvalue weighted by Gasteiger charge is -2.56. The molecule has 2 heterocycles. The second-order valence-corrected chi connectivity index (χ2v) is 13.3. The van der Waals surface area contributed by atoms with E-state index < -0.39 is 0 Å². The van der Waals surface area contributed by atoms with Crippen LogP contribution in [-0.2, 0) is 4.79 Å². The number of hydrogen-bond donors (Lipinski definition) is 2. The first-order valence-electron chi connectivity index (χ1n) is 15.6. The molecule has 1 amide bonds. The summed E-state index contributed by atoms with van der Waals surface area (Å²) < 4.78 is 0. The highest BCUT2D eigenvalue weighted by Gasteiger charge is 2.62. The smallest absolute Gasteiger partial charge is 0.252 e. The normalized spacial score (nSPS) is 27.8. The maximum absolute atomic E-state index is 12.9. The van der Waals surface area contributed by atoms with E-state index in [1.165, 1.54) is 6.42 Å². The second-order valence-electron chi connectivity index (χ2n) is 12.5. The quantitative estimate of drug-likeness (QED) is 0.231. The molecule has 3 aromatic rings. The van der Waals surface area contributed by atoms with Crippen molar-refractivity contribution in [1.29, 1.82) is 0 Å². The molecule has 6 atom stereocenters. The summed E-state index contributed by atoms with van der Waals surface area (Å²) in [6.45, 7) is 9.97. The predicted octanol–water partition coefficient (Wildman–Crippen LogP) is 9.00. The van der Waals surface area contributed by atoms with Crippen LogP contribution in [0.3, 0.4) is 0 Å². The van der Waals surface area contributed by atoms with Crippen LogP contribution in [-0.4, -0.2) is 22.4 Å². The Bertz CT molecular complexity index is 1580. The number of aromatic nitrogens is 2. The third-order valence-corrected chi connectivity index (χ3v) is 10.9. The molecule has 222 valence electrons. The fraction of sp³-hybridized carbons (Fsp3) is 0.378. The van der Waals surface area contributed by atoms with Gasteiger partial charge in [-0.15, -0.1) is 11.3 Å². The Balaban J connectivity index is 1.11. The molecular weight excluding hydrogens is 549 g/mol. The lowest BCUT2D eigenvalue weighted by atomic mass is 9.48. The molecule has 0 aliphatic heterocycles. The van der Waals surface area contributed by atoms with Crippen LogP contribution >= 0.6 is 11.3 Å². The molecule has 0 radical (unpaired) electrons. The average molecular weight is 591 g/mol. The molecule has 6 unspecified atom stereocenters. The van der Waals surface area contributed by atoms with Gasteiger partial charge in [-0.05, 0) is 90.0 Å². The fourth-order valence-corrected chi connectivity index (χ4v) is 8.41. The van der Waals surface area contributed by atoms with Gasteiger partial charge >= 0.3 is 0 Å². The molecule has 6 heteroatoms. The number of carbonyl (C=O) groups excluding carboxylic acids is 1. The van der Waals surface area contributed by atoms with Gasteiger partial charge in [0.05, 0.1) is 5.69 Å². The SMILES string of the molecule is CC/C=C(\C/C=C(\C)c1csc(NCC2CC3c4ccccc4C(C4C=CC=CC4C)C23C)n1)C(=O)Nc1ccccn1. The standard InChI is InChI=1S/C37H42N4OS/c1-5-12-26(35(42)41-33-17-10-11-20-38-33)19-18-25(3)32-23-43-36(40-32)39-22-27-21-31-29-15-8-9-16-30(29)34(37(27,31)4)28-14-7-6-13-24(28)2/h6-18,20,23-24,27-28,31,34H,5,19,21-22H2,1-4H3,(H,39,40)(H,38,41,42)/b25-18+,26-12+. The van der Waals surface area contributed by atoms with Crippen LogP contribution in [0, 0.1) is 23.2 Å². The Morgan fingerprint density at radius 1 is 1.09 bits per heavy atom. The summed E-state index contributed by atoms with van der Waals surface area (Å²) in [5.74, 6) is 3.26. The summed E-state index contributed by atoms with van der Waals surface area (Å²) >= 11 is 1.66. The lowest BCUT2D eigenvalue weighted by molar-refractivity contribution is -0.112. The molecule has 1 aromatic carbocycles. The molecule has 0 spiro atoms. The zero-order chi connectivity index (χ0) is 30.0. The summed E-state index contributed by atoms with van der Waals surface area (Å²) in [5.41, 5.74) is 6.15. The van der Waals surface area contributed by atoms with Crippen LogP contribution in [0.1, 0.15) is 75.6 Å². The molecule has 3 aliphatic rings. The van der Waals surface area contributed by atoms with E-state index in [-0.39, 0.29) is 11.3 Å². The van der Waals surface area contributed by atoms with Gasteiger partial charge in [-0.3, -0.25) is 4.79 Å². The third kappa shape index (κ3) is 5.65. The largest absolute Gasteiger partial charge is 0.361 e. The van der Waals surface area contributed by atoms with E-state index in [1.807, 2.05) is 25.1 Å². The number of anilines is 2. The monoisotopic (exact) mass is 590 g/mol. The van der Waals surface area contributed by atoms with Gasteiger partial charge in [-0.1, -0.05) is 87.6 Å². The van der Waals surface area contributed by atoms with E-state index in [0.29, 0.717) is 41.8 Å². The van der Waals surface area contributed by atoms with E-state index in [4.69, 9.17) is 4.98 Å². The lowest BCUT2D eigenvalue weighted by Crippen LogP contribution is -2.50.